The van der Waals surface area contributed by atoms with Gasteiger partial charge in [-0.15, -0.1) is 0 Å². The van der Waals surface area contributed by atoms with Gasteiger partial charge in [0.05, 0.1) is 10.8 Å². The van der Waals surface area contributed by atoms with Gasteiger partial charge in [-0.2, -0.15) is 0 Å². The molecule has 0 N–H and O–H groups in total. The lowest BCUT2D eigenvalue weighted by Gasteiger charge is -2.09. The summed E-state index contributed by atoms with van der Waals surface area (Å²) in [6.07, 6.45) is 0.342. The van der Waals surface area contributed by atoms with Crippen LogP contribution in [0.3, 0.4) is 0 Å². The number of carbonyl (C=O) groups is 1. The minimum atomic E-state index is -1.14. The minimum absolute atomic E-state index is 0.0600. The van der Waals surface area contributed by atoms with Gasteiger partial charge in [0.1, 0.15) is 5.78 Å². The van der Waals surface area contributed by atoms with Crippen LogP contribution in [-0.4, -0.2) is 15.2 Å². The topological polar surface area (TPSA) is 34.1 Å². The van der Waals surface area contributed by atoms with E-state index in [9.17, 15) is 9.00 Å². The molecule has 0 aliphatic carbocycles. The van der Waals surface area contributed by atoms with Crippen LogP contribution in [0.2, 0.25) is 5.02 Å². The third kappa shape index (κ3) is 3.76. The van der Waals surface area contributed by atoms with Crippen LogP contribution in [-0.2, 0) is 15.6 Å². The van der Waals surface area contributed by atoms with E-state index in [0.717, 1.165) is 0 Å². The second-order valence-corrected chi connectivity index (χ2v) is 5.78. The maximum Gasteiger partial charge on any atom is 0.131 e. The van der Waals surface area contributed by atoms with Crippen molar-refractivity contribution in [3.8, 4) is 0 Å². The highest BCUT2D eigenvalue weighted by Gasteiger charge is 2.14. The van der Waals surface area contributed by atoms with Crippen molar-refractivity contribution in [3.63, 3.8) is 0 Å². The molecular weight excluding hydrogens is 232 g/mol. The lowest BCUT2D eigenvalue weighted by molar-refractivity contribution is -0.116. The molecule has 0 aromatic heterocycles. The monoisotopic (exact) mass is 244 g/mol. The zero-order valence-corrected chi connectivity index (χ0v) is 10.3. The van der Waals surface area contributed by atoms with Gasteiger partial charge >= 0.3 is 0 Å². The van der Waals surface area contributed by atoms with Gasteiger partial charge in [0.25, 0.3) is 0 Å². The number of carbonyl (C=O) groups excluding carboxylic acids is 1. The van der Waals surface area contributed by atoms with Crippen LogP contribution in [0.1, 0.15) is 20.3 Å². The molecule has 2 nitrogen and oxygen atoms in total. The Kier molecular flexibility index (Phi) is 4.48. The first-order valence-electron chi connectivity index (χ1n) is 4.66. The zero-order chi connectivity index (χ0) is 11.4. The van der Waals surface area contributed by atoms with Crippen molar-refractivity contribution in [1.82, 2.24) is 0 Å². The lowest BCUT2D eigenvalue weighted by Crippen LogP contribution is -2.14. The van der Waals surface area contributed by atoms with E-state index in [2.05, 4.69) is 0 Å². The van der Waals surface area contributed by atoms with Gasteiger partial charge in [-0.25, -0.2) is 0 Å². The number of halogens is 1. The molecule has 0 radical (unpaired) electrons. The highest BCUT2D eigenvalue weighted by Crippen LogP contribution is 2.16. The second-order valence-electron chi connectivity index (χ2n) is 3.47. The SMILES string of the molecule is CC(=O)CC(C)S(=O)c1ccc(Cl)cc1. The summed E-state index contributed by atoms with van der Waals surface area (Å²) in [7, 11) is -1.14. The van der Waals surface area contributed by atoms with E-state index in [1.54, 1.807) is 24.3 Å². The fraction of sp³-hybridized carbons (Fsp3) is 0.364. The van der Waals surface area contributed by atoms with E-state index in [-0.39, 0.29) is 11.0 Å². The van der Waals surface area contributed by atoms with Crippen molar-refractivity contribution < 1.29 is 9.00 Å². The maximum atomic E-state index is 11.9. The quantitative estimate of drug-likeness (QED) is 0.816. The summed E-state index contributed by atoms with van der Waals surface area (Å²) in [6.45, 7) is 3.32. The van der Waals surface area contributed by atoms with Gasteiger partial charge in [-0.05, 0) is 31.2 Å². The van der Waals surface area contributed by atoms with Crippen molar-refractivity contribution in [1.29, 1.82) is 0 Å². The molecule has 0 aliphatic heterocycles. The number of hydrogen-bond acceptors (Lipinski definition) is 2. The molecule has 0 bridgehead atoms. The van der Waals surface area contributed by atoms with E-state index in [4.69, 9.17) is 11.6 Å². The number of benzene rings is 1. The molecule has 2 unspecified atom stereocenters. The molecule has 0 saturated carbocycles. The van der Waals surface area contributed by atoms with Gasteiger partial charge in [0.2, 0.25) is 0 Å². The van der Waals surface area contributed by atoms with Crippen molar-refractivity contribution in [2.75, 3.05) is 0 Å². The third-order valence-electron chi connectivity index (χ3n) is 1.99. The van der Waals surface area contributed by atoms with Crippen LogP contribution in [0.4, 0.5) is 0 Å². The third-order valence-corrected chi connectivity index (χ3v) is 3.87. The Balaban J connectivity index is 2.76. The standard InChI is InChI=1S/C11H13ClO2S/c1-8(13)7-9(2)15(14)11-5-3-10(12)4-6-11/h3-6,9H,7H2,1-2H3. The van der Waals surface area contributed by atoms with Crippen LogP contribution in [0.15, 0.2) is 29.2 Å². The van der Waals surface area contributed by atoms with Gasteiger partial charge in [0.15, 0.2) is 0 Å². The predicted octanol–water partition coefficient (Wildman–Crippen LogP) is 2.82. The fourth-order valence-electron chi connectivity index (χ4n) is 1.28. The van der Waals surface area contributed by atoms with Crippen molar-refractivity contribution >= 4 is 28.2 Å². The van der Waals surface area contributed by atoms with Gasteiger partial charge < -0.3 is 0 Å². The maximum absolute atomic E-state index is 11.9. The molecule has 1 rings (SSSR count). The lowest BCUT2D eigenvalue weighted by atomic mass is 10.2. The van der Waals surface area contributed by atoms with E-state index in [1.807, 2.05) is 6.92 Å². The Morgan fingerprint density at radius 2 is 1.93 bits per heavy atom. The summed E-state index contributed by atoms with van der Waals surface area (Å²) in [5, 5.41) is 0.471. The Labute approximate surface area is 97.1 Å². The summed E-state index contributed by atoms with van der Waals surface area (Å²) >= 11 is 5.73. The molecule has 1 aromatic carbocycles. The first kappa shape index (κ1) is 12.4. The molecule has 0 fully saturated rings. The molecule has 0 heterocycles. The molecule has 82 valence electrons. The molecule has 1 aromatic rings. The predicted molar refractivity (Wildman–Crippen MR) is 62.6 cm³/mol. The molecule has 0 aliphatic rings. The van der Waals surface area contributed by atoms with E-state index < -0.39 is 10.8 Å². The molecular formula is C11H13ClO2S. The van der Waals surface area contributed by atoms with Crippen molar-refractivity contribution in [2.45, 2.75) is 30.4 Å². The normalized spacial score (nSPS) is 14.6. The first-order chi connectivity index (χ1) is 7.00. The van der Waals surface area contributed by atoms with Gasteiger partial charge in [0, 0.05) is 21.6 Å². The molecule has 4 heteroatoms. The van der Waals surface area contributed by atoms with E-state index >= 15 is 0 Å². The average molecular weight is 245 g/mol. The van der Waals surface area contributed by atoms with Crippen LogP contribution < -0.4 is 0 Å². The smallest absolute Gasteiger partial charge is 0.131 e. The molecule has 2 atom stereocenters. The molecule has 15 heavy (non-hydrogen) atoms. The van der Waals surface area contributed by atoms with Crippen LogP contribution in [0.25, 0.3) is 0 Å². The number of ketones is 1. The van der Waals surface area contributed by atoms with Crippen LogP contribution in [0, 0.1) is 0 Å². The largest absolute Gasteiger partial charge is 0.300 e. The Hall–Kier alpha value is -0.670. The highest BCUT2D eigenvalue weighted by molar-refractivity contribution is 7.85. The van der Waals surface area contributed by atoms with E-state index in [1.165, 1.54) is 6.92 Å². The summed E-state index contributed by atoms with van der Waals surface area (Å²) < 4.78 is 11.9. The first-order valence-corrected chi connectivity index (χ1v) is 6.25. The molecule has 0 saturated heterocycles. The molecule has 0 spiro atoms. The summed E-state index contributed by atoms with van der Waals surface area (Å²) in [6, 6.07) is 6.87. The highest BCUT2D eigenvalue weighted by atomic mass is 35.5. The van der Waals surface area contributed by atoms with Gasteiger partial charge in [-0.1, -0.05) is 18.5 Å². The second kappa shape index (κ2) is 5.42. The van der Waals surface area contributed by atoms with Crippen LogP contribution in [0.5, 0.6) is 0 Å². The number of rotatable bonds is 4. The zero-order valence-electron chi connectivity index (χ0n) is 8.70. The van der Waals surface area contributed by atoms with Crippen molar-refractivity contribution in [3.05, 3.63) is 29.3 Å². The Morgan fingerprint density at radius 3 is 2.40 bits per heavy atom. The van der Waals surface area contributed by atoms with Crippen molar-refractivity contribution in [2.24, 2.45) is 0 Å². The number of Topliss-reactive ketones (excluding diaryl/α,β-unsaturated/α-hetero) is 1. The van der Waals surface area contributed by atoms with E-state index in [0.29, 0.717) is 16.3 Å². The number of hydrogen-bond donors (Lipinski definition) is 0. The molecule has 0 amide bonds. The summed E-state index contributed by atoms with van der Waals surface area (Å²) in [4.78, 5) is 11.6. The average Bonchev–Trinajstić information content (AvgIpc) is 2.17. The summed E-state index contributed by atoms with van der Waals surface area (Å²) in [5.74, 6) is 0.0600. The van der Waals surface area contributed by atoms with Crippen LogP contribution >= 0.6 is 11.6 Å². The fourth-order valence-corrected chi connectivity index (χ4v) is 2.66. The Morgan fingerprint density at radius 1 is 1.40 bits per heavy atom. The minimum Gasteiger partial charge on any atom is -0.300 e. The Bertz CT molecular complexity index is 373. The summed E-state index contributed by atoms with van der Waals surface area (Å²) in [5.41, 5.74) is 0. The van der Waals surface area contributed by atoms with Gasteiger partial charge in [-0.3, -0.25) is 9.00 Å².